The number of imide groups is 1. The van der Waals surface area contributed by atoms with Crippen molar-refractivity contribution in [1.29, 1.82) is 0 Å². The van der Waals surface area contributed by atoms with Crippen molar-refractivity contribution in [2.24, 2.45) is 0 Å². The quantitative estimate of drug-likeness (QED) is 0.644. The van der Waals surface area contributed by atoms with E-state index in [-0.39, 0.29) is 18.2 Å². The van der Waals surface area contributed by atoms with E-state index in [2.05, 4.69) is 15.5 Å². The number of piperidine rings is 1. The minimum atomic E-state index is -0.621. The lowest BCUT2D eigenvalue weighted by Gasteiger charge is -2.38. The van der Waals surface area contributed by atoms with Gasteiger partial charge in [-0.1, -0.05) is 30.3 Å². The van der Waals surface area contributed by atoms with Crippen LogP contribution in [0.1, 0.15) is 59.2 Å². The van der Waals surface area contributed by atoms with Crippen molar-refractivity contribution < 1.29 is 23.9 Å². The zero-order valence-corrected chi connectivity index (χ0v) is 19.9. The zero-order chi connectivity index (χ0) is 24.9. The Balaban J connectivity index is 1.16. The topological polar surface area (TPSA) is 108 Å². The Morgan fingerprint density at radius 3 is 2.72 bits per heavy atom. The van der Waals surface area contributed by atoms with Gasteiger partial charge in [0, 0.05) is 43.6 Å². The van der Waals surface area contributed by atoms with Crippen LogP contribution in [0.25, 0.3) is 0 Å². The number of carbonyl (C=O) groups is 4. The van der Waals surface area contributed by atoms with E-state index >= 15 is 0 Å². The normalized spacial score (nSPS) is 26.1. The summed E-state index contributed by atoms with van der Waals surface area (Å²) in [7, 11) is 0. The van der Waals surface area contributed by atoms with Gasteiger partial charge in [-0.25, -0.2) is 4.79 Å². The molecule has 0 aliphatic carbocycles. The first-order valence-electron chi connectivity index (χ1n) is 12.5. The van der Waals surface area contributed by atoms with Crippen LogP contribution in [-0.2, 0) is 33.0 Å². The van der Waals surface area contributed by atoms with Crippen molar-refractivity contribution in [2.45, 2.75) is 56.8 Å². The molecule has 9 heteroatoms. The van der Waals surface area contributed by atoms with Gasteiger partial charge < -0.3 is 9.64 Å². The van der Waals surface area contributed by atoms with Gasteiger partial charge in [-0.05, 0) is 49.1 Å². The summed E-state index contributed by atoms with van der Waals surface area (Å²) in [5.74, 6) is -0.842. The molecule has 2 aromatic carbocycles. The summed E-state index contributed by atoms with van der Waals surface area (Å²) < 4.78 is 5.90. The third-order valence-electron chi connectivity index (χ3n) is 7.83. The molecule has 6 rings (SSSR count). The molecule has 0 aromatic heterocycles. The molecule has 2 fully saturated rings. The first kappa shape index (κ1) is 22.7. The standard InChI is InChI=1S/C27H28N4O5/c32-23-9-8-22(24(33)29-23)31-16-18-7-6-17(14-19(18)25(31)34)15-30-12-3-10-27(11-13-30)20-4-1-2-5-21(20)28-26(35)36-27/h1-2,4-7,14,22H,3,8-13,15-16H2,(H,28,35)(H,29,32,33). The van der Waals surface area contributed by atoms with Crippen LogP contribution in [-0.4, -0.2) is 52.7 Å². The van der Waals surface area contributed by atoms with Crippen LogP contribution in [0, 0.1) is 0 Å². The highest BCUT2D eigenvalue weighted by Crippen LogP contribution is 2.43. The van der Waals surface area contributed by atoms with Gasteiger partial charge in [0.1, 0.15) is 11.6 Å². The van der Waals surface area contributed by atoms with E-state index in [0.717, 1.165) is 48.3 Å². The van der Waals surface area contributed by atoms with E-state index in [1.54, 1.807) is 4.90 Å². The van der Waals surface area contributed by atoms with Crippen LogP contribution < -0.4 is 10.6 Å². The van der Waals surface area contributed by atoms with E-state index in [0.29, 0.717) is 31.5 Å². The summed E-state index contributed by atoms with van der Waals surface area (Å²) in [5.41, 5.74) is 3.80. The first-order valence-corrected chi connectivity index (χ1v) is 12.5. The molecule has 186 valence electrons. The van der Waals surface area contributed by atoms with Crippen LogP contribution >= 0.6 is 0 Å². The smallest absolute Gasteiger partial charge is 0.412 e. The number of anilines is 1. The van der Waals surface area contributed by atoms with Crippen molar-refractivity contribution in [3.05, 3.63) is 64.7 Å². The lowest BCUT2D eigenvalue weighted by molar-refractivity contribution is -0.136. The molecule has 2 saturated heterocycles. The highest BCUT2D eigenvalue weighted by atomic mass is 16.6. The van der Waals surface area contributed by atoms with Crippen molar-refractivity contribution in [3.63, 3.8) is 0 Å². The fourth-order valence-electron chi connectivity index (χ4n) is 6.01. The number of rotatable bonds is 3. The lowest BCUT2D eigenvalue weighted by atomic mass is 9.84. The van der Waals surface area contributed by atoms with Gasteiger partial charge in [-0.15, -0.1) is 0 Å². The number of para-hydroxylation sites is 1. The molecule has 0 bridgehead atoms. The minimum Gasteiger partial charge on any atom is -0.438 e. The number of likely N-dealkylation sites (tertiary alicyclic amines) is 1. The van der Waals surface area contributed by atoms with Crippen LogP contribution in [0.5, 0.6) is 0 Å². The first-order chi connectivity index (χ1) is 17.4. The number of benzene rings is 2. The molecule has 2 N–H and O–H groups in total. The summed E-state index contributed by atoms with van der Waals surface area (Å²) in [6.07, 6.45) is 2.54. The van der Waals surface area contributed by atoms with E-state index in [1.807, 2.05) is 42.5 Å². The number of hydrogen-bond acceptors (Lipinski definition) is 6. The fraction of sp³-hybridized carbons (Fsp3) is 0.407. The molecule has 4 amide bonds. The van der Waals surface area contributed by atoms with Gasteiger partial charge in [-0.2, -0.15) is 0 Å². The predicted octanol–water partition coefficient (Wildman–Crippen LogP) is 2.89. The average molecular weight is 489 g/mol. The predicted molar refractivity (Wildman–Crippen MR) is 130 cm³/mol. The van der Waals surface area contributed by atoms with Crippen molar-refractivity contribution >= 4 is 29.5 Å². The summed E-state index contributed by atoms with van der Waals surface area (Å²) in [4.78, 5) is 53.2. The summed E-state index contributed by atoms with van der Waals surface area (Å²) in [6, 6.07) is 13.2. The Morgan fingerprint density at radius 1 is 1.00 bits per heavy atom. The number of carbonyl (C=O) groups excluding carboxylic acids is 4. The third kappa shape index (κ3) is 3.93. The molecule has 4 aliphatic heterocycles. The second-order valence-electron chi connectivity index (χ2n) is 10.1. The second-order valence-corrected chi connectivity index (χ2v) is 10.1. The van der Waals surface area contributed by atoms with Crippen LogP contribution in [0.3, 0.4) is 0 Å². The SMILES string of the molecule is O=C1CCC(N2Cc3ccc(CN4CCCC5(CC4)OC(=O)Nc4ccccc45)cc3C2=O)C(=O)N1. The van der Waals surface area contributed by atoms with Gasteiger partial charge in [0.05, 0.1) is 5.69 Å². The Hall–Kier alpha value is -3.72. The Kier molecular flexibility index (Phi) is 5.52. The average Bonchev–Trinajstić information content (AvgIpc) is 3.04. The molecule has 2 unspecified atom stereocenters. The molecule has 1 spiro atoms. The van der Waals surface area contributed by atoms with Gasteiger partial charge in [0.2, 0.25) is 11.8 Å². The lowest BCUT2D eigenvalue weighted by Crippen LogP contribution is -2.52. The Labute approximate surface area is 208 Å². The van der Waals surface area contributed by atoms with E-state index in [4.69, 9.17) is 4.74 Å². The Bertz CT molecular complexity index is 1280. The third-order valence-corrected chi connectivity index (χ3v) is 7.83. The van der Waals surface area contributed by atoms with E-state index in [9.17, 15) is 19.2 Å². The van der Waals surface area contributed by atoms with Gasteiger partial charge in [-0.3, -0.25) is 29.9 Å². The van der Waals surface area contributed by atoms with Gasteiger partial charge in [0.25, 0.3) is 5.91 Å². The molecular formula is C27H28N4O5. The highest BCUT2D eigenvalue weighted by Gasteiger charge is 2.43. The van der Waals surface area contributed by atoms with Gasteiger partial charge >= 0.3 is 6.09 Å². The highest BCUT2D eigenvalue weighted by molar-refractivity contribution is 6.05. The van der Waals surface area contributed by atoms with Crippen LogP contribution in [0.4, 0.5) is 10.5 Å². The number of fused-ring (bicyclic) bond motifs is 3. The molecule has 9 nitrogen and oxygen atoms in total. The number of amides is 4. The number of ether oxygens (including phenoxy) is 1. The monoisotopic (exact) mass is 488 g/mol. The number of nitrogens with one attached hydrogen (secondary N) is 2. The van der Waals surface area contributed by atoms with E-state index < -0.39 is 23.6 Å². The fourth-order valence-corrected chi connectivity index (χ4v) is 6.01. The van der Waals surface area contributed by atoms with E-state index in [1.165, 1.54) is 0 Å². The second kappa shape index (κ2) is 8.74. The van der Waals surface area contributed by atoms with Crippen LogP contribution in [0.15, 0.2) is 42.5 Å². The summed E-state index contributed by atoms with van der Waals surface area (Å²) in [6.45, 7) is 2.69. The molecule has 0 radical (unpaired) electrons. The van der Waals surface area contributed by atoms with Crippen LogP contribution in [0.2, 0.25) is 0 Å². The molecule has 2 atom stereocenters. The van der Waals surface area contributed by atoms with Gasteiger partial charge in [0.15, 0.2) is 0 Å². The molecular weight excluding hydrogens is 460 g/mol. The molecule has 36 heavy (non-hydrogen) atoms. The van der Waals surface area contributed by atoms with Crippen molar-refractivity contribution in [1.82, 2.24) is 15.1 Å². The maximum Gasteiger partial charge on any atom is 0.412 e. The molecule has 4 heterocycles. The number of nitrogens with zero attached hydrogens (tertiary/aromatic N) is 2. The maximum atomic E-state index is 13.2. The molecule has 2 aromatic rings. The summed E-state index contributed by atoms with van der Waals surface area (Å²) >= 11 is 0. The molecule has 4 aliphatic rings. The van der Waals surface area contributed by atoms with Crippen molar-refractivity contribution in [3.8, 4) is 0 Å². The zero-order valence-electron chi connectivity index (χ0n) is 19.9. The van der Waals surface area contributed by atoms with Crippen molar-refractivity contribution in [2.75, 3.05) is 18.4 Å². The maximum absolute atomic E-state index is 13.2. The minimum absolute atomic E-state index is 0.158. The molecule has 0 saturated carbocycles. The Morgan fingerprint density at radius 2 is 1.86 bits per heavy atom. The summed E-state index contributed by atoms with van der Waals surface area (Å²) in [5, 5.41) is 5.16. The largest absolute Gasteiger partial charge is 0.438 e. The number of hydrogen-bond donors (Lipinski definition) is 2.